The number of benzene rings is 2. The fraction of sp³-hybridized carbons (Fsp3) is 0.435. The Balaban J connectivity index is 1.57. The molecule has 2 aliphatic heterocycles. The summed E-state index contributed by atoms with van der Waals surface area (Å²) >= 11 is 0. The predicted molar refractivity (Wildman–Crippen MR) is 107 cm³/mol. The van der Waals surface area contributed by atoms with Crippen LogP contribution >= 0.6 is 0 Å². The highest BCUT2D eigenvalue weighted by Crippen LogP contribution is 2.35. The van der Waals surface area contributed by atoms with Crippen molar-refractivity contribution in [2.24, 2.45) is 5.92 Å². The highest BCUT2D eigenvalue weighted by molar-refractivity contribution is 5.77. The summed E-state index contributed by atoms with van der Waals surface area (Å²) in [5.41, 5.74) is 3.74. The molecule has 0 aromatic heterocycles. The van der Waals surface area contributed by atoms with E-state index in [0.29, 0.717) is 18.9 Å². The zero-order chi connectivity index (χ0) is 18.6. The molecule has 1 fully saturated rings. The SMILES string of the molecule is COc1ccc2c(c1)CN(C(=O)CCC1CCNC1)C(c1ccccc1)C2. The van der Waals surface area contributed by atoms with E-state index in [1.165, 1.54) is 23.1 Å². The molecule has 4 nitrogen and oxygen atoms in total. The Hall–Kier alpha value is -2.33. The lowest BCUT2D eigenvalue weighted by Gasteiger charge is -2.38. The summed E-state index contributed by atoms with van der Waals surface area (Å²) in [5, 5.41) is 3.40. The Bertz CT molecular complexity index is 784. The first-order chi connectivity index (χ1) is 13.2. The largest absolute Gasteiger partial charge is 0.497 e. The maximum atomic E-state index is 13.2. The molecule has 2 aliphatic rings. The quantitative estimate of drug-likeness (QED) is 0.879. The normalized spacial score (nSPS) is 21.7. The Labute approximate surface area is 161 Å². The molecule has 4 rings (SSSR count). The van der Waals surface area contributed by atoms with Gasteiger partial charge in [-0.3, -0.25) is 4.79 Å². The first-order valence-electron chi connectivity index (χ1n) is 9.95. The van der Waals surface area contributed by atoms with E-state index in [-0.39, 0.29) is 11.9 Å². The van der Waals surface area contributed by atoms with Gasteiger partial charge < -0.3 is 15.0 Å². The van der Waals surface area contributed by atoms with E-state index in [4.69, 9.17) is 4.74 Å². The van der Waals surface area contributed by atoms with Crippen molar-refractivity contribution in [3.8, 4) is 5.75 Å². The van der Waals surface area contributed by atoms with Crippen molar-refractivity contribution in [1.82, 2.24) is 10.2 Å². The summed E-state index contributed by atoms with van der Waals surface area (Å²) in [7, 11) is 1.69. The number of fused-ring (bicyclic) bond motifs is 1. The topological polar surface area (TPSA) is 41.6 Å². The first kappa shape index (κ1) is 18.1. The Morgan fingerprint density at radius 2 is 2.04 bits per heavy atom. The van der Waals surface area contributed by atoms with Gasteiger partial charge in [-0.2, -0.15) is 0 Å². The van der Waals surface area contributed by atoms with Gasteiger partial charge in [0, 0.05) is 13.0 Å². The van der Waals surface area contributed by atoms with Crippen molar-refractivity contribution < 1.29 is 9.53 Å². The monoisotopic (exact) mass is 364 g/mol. The Morgan fingerprint density at radius 1 is 1.19 bits per heavy atom. The highest BCUT2D eigenvalue weighted by atomic mass is 16.5. The van der Waals surface area contributed by atoms with Gasteiger partial charge in [-0.1, -0.05) is 36.4 Å². The summed E-state index contributed by atoms with van der Waals surface area (Å²) in [5.74, 6) is 1.77. The van der Waals surface area contributed by atoms with Crippen LogP contribution in [0.2, 0.25) is 0 Å². The Morgan fingerprint density at radius 3 is 2.78 bits per heavy atom. The maximum absolute atomic E-state index is 13.2. The van der Waals surface area contributed by atoms with E-state index in [1.807, 2.05) is 12.1 Å². The standard InChI is InChI=1S/C23H28N2O2/c1-27-21-9-8-19-14-22(18-5-3-2-4-6-18)25(16-20(19)13-21)23(26)10-7-17-11-12-24-15-17/h2-6,8-9,13,17,22,24H,7,10-12,14-16H2,1H3. The van der Waals surface area contributed by atoms with Crippen molar-refractivity contribution in [2.45, 2.75) is 38.3 Å². The predicted octanol–water partition coefficient (Wildman–Crippen LogP) is 3.71. The number of hydrogen-bond donors (Lipinski definition) is 1. The van der Waals surface area contributed by atoms with E-state index >= 15 is 0 Å². The number of nitrogens with one attached hydrogen (secondary N) is 1. The van der Waals surface area contributed by atoms with Gasteiger partial charge in [0.05, 0.1) is 13.2 Å². The second kappa shape index (κ2) is 8.13. The van der Waals surface area contributed by atoms with Crippen LogP contribution in [0.3, 0.4) is 0 Å². The average molecular weight is 364 g/mol. The molecule has 0 bridgehead atoms. The van der Waals surface area contributed by atoms with Crippen molar-refractivity contribution >= 4 is 5.91 Å². The fourth-order valence-electron chi connectivity index (χ4n) is 4.35. The van der Waals surface area contributed by atoms with Crippen LogP contribution in [0.25, 0.3) is 0 Å². The zero-order valence-corrected chi connectivity index (χ0v) is 16.0. The van der Waals surface area contributed by atoms with Crippen molar-refractivity contribution in [3.63, 3.8) is 0 Å². The van der Waals surface area contributed by atoms with Crippen molar-refractivity contribution in [1.29, 1.82) is 0 Å². The van der Waals surface area contributed by atoms with Crippen molar-refractivity contribution in [2.75, 3.05) is 20.2 Å². The van der Waals surface area contributed by atoms with Gasteiger partial charge in [-0.15, -0.1) is 0 Å². The van der Waals surface area contributed by atoms with Gasteiger partial charge in [0.1, 0.15) is 5.75 Å². The number of ether oxygens (including phenoxy) is 1. The maximum Gasteiger partial charge on any atom is 0.223 e. The van der Waals surface area contributed by atoms with Crippen LogP contribution in [0.15, 0.2) is 48.5 Å². The Kier molecular flexibility index (Phi) is 5.44. The lowest BCUT2D eigenvalue weighted by Crippen LogP contribution is -2.39. The summed E-state index contributed by atoms with van der Waals surface area (Å²) in [4.78, 5) is 15.3. The molecular weight excluding hydrogens is 336 g/mol. The van der Waals surface area contributed by atoms with Crippen LogP contribution in [0, 0.1) is 5.92 Å². The number of amides is 1. The van der Waals surface area contributed by atoms with Gasteiger partial charge in [-0.05, 0) is 67.1 Å². The minimum absolute atomic E-state index is 0.112. The molecule has 2 atom stereocenters. The second-order valence-corrected chi connectivity index (χ2v) is 7.68. The van der Waals surface area contributed by atoms with Crippen LogP contribution < -0.4 is 10.1 Å². The molecule has 2 unspecified atom stereocenters. The summed E-state index contributed by atoms with van der Waals surface area (Å²) in [6.45, 7) is 2.80. The van der Waals surface area contributed by atoms with Gasteiger partial charge in [0.2, 0.25) is 5.91 Å². The van der Waals surface area contributed by atoms with Crippen molar-refractivity contribution in [3.05, 3.63) is 65.2 Å². The molecule has 27 heavy (non-hydrogen) atoms. The number of carbonyl (C=O) groups is 1. The molecule has 2 aromatic rings. The summed E-state index contributed by atoms with van der Waals surface area (Å²) in [6.07, 6.45) is 3.67. The van der Waals surface area contributed by atoms with Crippen LogP contribution in [0.5, 0.6) is 5.75 Å². The smallest absolute Gasteiger partial charge is 0.223 e. The van der Waals surface area contributed by atoms with Crippen LogP contribution in [-0.2, 0) is 17.8 Å². The molecule has 0 spiro atoms. The summed E-state index contributed by atoms with van der Waals surface area (Å²) < 4.78 is 5.39. The number of hydrogen-bond acceptors (Lipinski definition) is 3. The minimum atomic E-state index is 0.112. The third-order valence-electron chi connectivity index (χ3n) is 5.98. The molecule has 4 heteroatoms. The van der Waals surface area contributed by atoms with Crippen LogP contribution in [0.1, 0.15) is 42.0 Å². The minimum Gasteiger partial charge on any atom is -0.497 e. The van der Waals surface area contributed by atoms with Gasteiger partial charge in [-0.25, -0.2) is 0 Å². The average Bonchev–Trinajstić information content (AvgIpc) is 3.25. The van der Waals surface area contributed by atoms with E-state index in [0.717, 1.165) is 31.7 Å². The zero-order valence-electron chi connectivity index (χ0n) is 16.0. The second-order valence-electron chi connectivity index (χ2n) is 7.68. The molecule has 0 saturated carbocycles. The lowest BCUT2D eigenvalue weighted by molar-refractivity contribution is -0.135. The van der Waals surface area contributed by atoms with Gasteiger partial charge in [0.15, 0.2) is 0 Å². The van der Waals surface area contributed by atoms with Gasteiger partial charge in [0.25, 0.3) is 0 Å². The van der Waals surface area contributed by atoms with E-state index in [1.54, 1.807) is 7.11 Å². The first-order valence-corrected chi connectivity index (χ1v) is 9.95. The molecule has 2 heterocycles. The fourth-order valence-corrected chi connectivity index (χ4v) is 4.35. The summed E-state index contributed by atoms with van der Waals surface area (Å²) in [6, 6.07) is 16.8. The molecule has 2 aromatic carbocycles. The molecule has 1 amide bonds. The molecular formula is C23H28N2O2. The molecule has 1 N–H and O–H groups in total. The van der Waals surface area contributed by atoms with Crippen LogP contribution in [-0.4, -0.2) is 31.0 Å². The molecule has 0 aliphatic carbocycles. The van der Waals surface area contributed by atoms with Gasteiger partial charge >= 0.3 is 0 Å². The van der Waals surface area contributed by atoms with E-state index < -0.39 is 0 Å². The van der Waals surface area contributed by atoms with Crippen LogP contribution in [0.4, 0.5) is 0 Å². The number of nitrogens with zero attached hydrogens (tertiary/aromatic N) is 1. The van der Waals surface area contributed by atoms with E-state index in [9.17, 15) is 4.79 Å². The van der Waals surface area contributed by atoms with E-state index in [2.05, 4.69) is 46.6 Å². The molecule has 1 saturated heterocycles. The lowest BCUT2D eigenvalue weighted by atomic mass is 9.89. The molecule has 142 valence electrons. The molecule has 0 radical (unpaired) electrons. The third-order valence-corrected chi connectivity index (χ3v) is 5.98. The third kappa shape index (κ3) is 4.01. The number of carbonyl (C=O) groups excluding carboxylic acids is 1. The number of methoxy groups -OCH3 is 1. The highest BCUT2D eigenvalue weighted by Gasteiger charge is 2.31. The number of rotatable bonds is 5.